The third-order valence-electron chi connectivity index (χ3n) is 2.03. The van der Waals surface area contributed by atoms with Crippen molar-refractivity contribution in [2.75, 3.05) is 33.7 Å². The van der Waals surface area contributed by atoms with Gasteiger partial charge in [0, 0.05) is 27.2 Å². The fourth-order valence-corrected chi connectivity index (χ4v) is 1.27. The Morgan fingerprint density at radius 3 is 2.31 bits per heavy atom. The minimum absolute atomic E-state index is 0. The molecule has 0 aromatic carbocycles. The molecule has 0 aliphatic carbocycles. The molecule has 0 atom stereocenters. The van der Waals surface area contributed by atoms with Gasteiger partial charge >= 0.3 is 0 Å². The molecule has 4 heteroatoms. The maximum atomic E-state index is 4.46. The number of halogens is 1. The Balaban J connectivity index is 0.00000144. The number of hydrogen-bond donors (Lipinski definition) is 0. The first-order valence-corrected chi connectivity index (χ1v) is 4.33. The van der Waals surface area contributed by atoms with Gasteiger partial charge in [0.25, 0.3) is 0 Å². The zero-order chi connectivity index (χ0) is 8.97. The average molecular weight is 295 g/mol. The molecule has 0 saturated carbocycles. The van der Waals surface area contributed by atoms with Crippen molar-refractivity contribution in [1.82, 2.24) is 9.80 Å². The monoisotopic (exact) mass is 295 g/mol. The Bertz CT molecular complexity index is 189. The quantitative estimate of drug-likeness (QED) is 0.567. The summed E-state index contributed by atoms with van der Waals surface area (Å²) < 4.78 is 0. The summed E-state index contributed by atoms with van der Waals surface area (Å²) in [5.74, 6) is 1.10. The molecule has 3 nitrogen and oxygen atoms in total. The van der Waals surface area contributed by atoms with Crippen LogP contribution in [0, 0.1) is 0 Å². The van der Waals surface area contributed by atoms with Crippen molar-refractivity contribution in [1.29, 1.82) is 0 Å². The van der Waals surface area contributed by atoms with Gasteiger partial charge in [-0.2, -0.15) is 0 Å². The highest BCUT2D eigenvalue weighted by Crippen LogP contribution is 2.02. The van der Waals surface area contributed by atoms with Gasteiger partial charge in [0.15, 0.2) is 5.96 Å². The Labute approximate surface area is 97.5 Å². The molecule has 0 N–H and O–H groups in total. The number of rotatable bonds is 2. The number of aliphatic imine (C=N–C) groups is 1. The predicted molar refractivity (Wildman–Crippen MR) is 67.8 cm³/mol. The minimum Gasteiger partial charge on any atom is -0.344 e. The summed E-state index contributed by atoms with van der Waals surface area (Å²) in [5.41, 5.74) is 0. The summed E-state index contributed by atoms with van der Waals surface area (Å²) in [5, 5.41) is 0. The van der Waals surface area contributed by atoms with E-state index in [1.54, 1.807) is 0 Å². The normalized spacial score (nSPS) is 16.7. The van der Waals surface area contributed by atoms with Crippen molar-refractivity contribution in [3.8, 4) is 0 Å². The molecule has 1 fully saturated rings. The highest BCUT2D eigenvalue weighted by molar-refractivity contribution is 14.0. The van der Waals surface area contributed by atoms with Crippen LogP contribution in [-0.2, 0) is 0 Å². The van der Waals surface area contributed by atoms with E-state index in [1.807, 2.05) is 13.0 Å². The van der Waals surface area contributed by atoms with Crippen LogP contribution in [0.2, 0.25) is 0 Å². The van der Waals surface area contributed by atoms with Crippen molar-refractivity contribution in [2.24, 2.45) is 4.99 Å². The number of guanidine groups is 1. The Hall–Kier alpha value is -0.260. The van der Waals surface area contributed by atoms with Crippen molar-refractivity contribution in [3.05, 3.63) is 12.2 Å². The molecule has 0 amide bonds. The third kappa shape index (κ3) is 3.54. The van der Waals surface area contributed by atoms with Gasteiger partial charge in [0.05, 0.1) is 6.54 Å². The van der Waals surface area contributed by atoms with Crippen LogP contribution in [0.4, 0.5) is 0 Å². The maximum Gasteiger partial charge on any atom is 0.196 e. The number of likely N-dealkylation sites (N-methyl/N-ethyl adjacent to an activating group) is 2. The van der Waals surface area contributed by atoms with Gasteiger partial charge in [-0.3, -0.25) is 0 Å². The molecule has 0 aromatic heterocycles. The highest BCUT2D eigenvalue weighted by Gasteiger charge is 2.18. The first kappa shape index (κ1) is 12.7. The van der Waals surface area contributed by atoms with Crippen molar-refractivity contribution in [2.45, 2.75) is 6.92 Å². The van der Waals surface area contributed by atoms with Crippen LogP contribution in [0.15, 0.2) is 17.1 Å². The van der Waals surface area contributed by atoms with Crippen LogP contribution in [0.3, 0.4) is 0 Å². The largest absolute Gasteiger partial charge is 0.344 e. The van der Waals surface area contributed by atoms with Crippen LogP contribution < -0.4 is 0 Å². The molecule has 0 radical (unpaired) electrons. The molecule has 0 unspecified atom stereocenters. The Kier molecular flexibility index (Phi) is 6.11. The highest BCUT2D eigenvalue weighted by atomic mass is 127. The van der Waals surface area contributed by atoms with E-state index in [4.69, 9.17) is 0 Å². The van der Waals surface area contributed by atoms with Gasteiger partial charge in [-0.25, -0.2) is 4.99 Å². The summed E-state index contributed by atoms with van der Waals surface area (Å²) in [6.45, 7) is 4.99. The molecule has 0 bridgehead atoms. The second-order valence-electron chi connectivity index (χ2n) is 3.05. The zero-order valence-electron chi connectivity index (χ0n) is 8.53. The fraction of sp³-hybridized carbons (Fsp3) is 0.667. The minimum atomic E-state index is 0. The number of allylic oxidation sites excluding steroid dienone is 1. The van der Waals surface area contributed by atoms with Crippen LogP contribution in [0.5, 0.6) is 0 Å². The first-order chi connectivity index (χ1) is 5.75. The van der Waals surface area contributed by atoms with E-state index in [9.17, 15) is 0 Å². The molecular weight excluding hydrogens is 277 g/mol. The molecular formula is C9H18IN3. The Morgan fingerprint density at radius 2 is 1.85 bits per heavy atom. The second-order valence-corrected chi connectivity index (χ2v) is 3.05. The van der Waals surface area contributed by atoms with Gasteiger partial charge in [0.2, 0.25) is 0 Å². The summed E-state index contributed by atoms with van der Waals surface area (Å²) in [7, 11) is 4.16. The van der Waals surface area contributed by atoms with Crippen molar-refractivity contribution < 1.29 is 0 Å². The summed E-state index contributed by atoms with van der Waals surface area (Å²) in [4.78, 5) is 8.82. The molecule has 1 saturated heterocycles. The van der Waals surface area contributed by atoms with Crippen LogP contribution >= 0.6 is 24.0 Å². The molecule has 1 aliphatic rings. The van der Waals surface area contributed by atoms with Crippen LogP contribution in [0.1, 0.15) is 6.92 Å². The predicted octanol–water partition coefficient (Wildman–Crippen LogP) is 1.41. The number of nitrogens with zero attached hydrogens (tertiary/aromatic N) is 3. The lowest BCUT2D eigenvalue weighted by Crippen LogP contribution is -2.28. The topological polar surface area (TPSA) is 18.8 Å². The molecule has 0 aromatic rings. The van der Waals surface area contributed by atoms with E-state index in [-0.39, 0.29) is 24.0 Å². The zero-order valence-corrected chi connectivity index (χ0v) is 10.9. The third-order valence-corrected chi connectivity index (χ3v) is 2.03. The molecule has 0 spiro atoms. The Morgan fingerprint density at radius 1 is 1.31 bits per heavy atom. The summed E-state index contributed by atoms with van der Waals surface area (Å²) >= 11 is 0. The summed E-state index contributed by atoms with van der Waals surface area (Å²) in [6.07, 6.45) is 4.09. The van der Waals surface area contributed by atoms with Gasteiger partial charge in [0.1, 0.15) is 0 Å². The average Bonchev–Trinajstić information content (AvgIpc) is 2.35. The van der Waals surface area contributed by atoms with E-state index in [2.05, 4.69) is 35.0 Å². The molecule has 1 rings (SSSR count). The molecule has 13 heavy (non-hydrogen) atoms. The van der Waals surface area contributed by atoms with Gasteiger partial charge in [-0.05, 0) is 6.92 Å². The van der Waals surface area contributed by atoms with E-state index >= 15 is 0 Å². The van der Waals surface area contributed by atoms with Crippen LogP contribution in [-0.4, -0.2) is 49.5 Å². The van der Waals surface area contributed by atoms with E-state index in [0.717, 1.165) is 25.6 Å². The van der Waals surface area contributed by atoms with Gasteiger partial charge < -0.3 is 9.80 Å². The smallest absolute Gasteiger partial charge is 0.196 e. The lowest BCUT2D eigenvalue weighted by Gasteiger charge is -2.14. The first-order valence-electron chi connectivity index (χ1n) is 4.33. The van der Waals surface area contributed by atoms with Gasteiger partial charge in [-0.1, -0.05) is 12.2 Å². The van der Waals surface area contributed by atoms with Crippen molar-refractivity contribution >= 4 is 29.9 Å². The van der Waals surface area contributed by atoms with Crippen LogP contribution in [0.25, 0.3) is 0 Å². The lowest BCUT2D eigenvalue weighted by atomic mass is 10.5. The van der Waals surface area contributed by atoms with Crippen molar-refractivity contribution in [3.63, 3.8) is 0 Å². The molecule has 1 aliphatic heterocycles. The van der Waals surface area contributed by atoms with E-state index in [0.29, 0.717) is 0 Å². The fourth-order valence-electron chi connectivity index (χ4n) is 1.27. The molecule has 76 valence electrons. The number of hydrogen-bond acceptors (Lipinski definition) is 1. The van der Waals surface area contributed by atoms with E-state index < -0.39 is 0 Å². The lowest BCUT2D eigenvalue weighted by molar-refractivity contribution is 0.553. The SMILES string of the molecule is C/C=C/CN=C1N(C)CCN1C.I. The summed E-state index contributed by atoms with van der Waals surface area (Å²) in [6, 6.07) is 0. The second kappa shape index (κ2) is 6.23. The maximum absolute atomic E-state index is 4.46. The van der Waals surface area contributed by atoms with Gasteiger partial charge in [-0.15, -0.1) is 24.0 Å². The van der Waals surface area contributed by atoms with E-state index in [1.165, 1.54) is 0 Å². The molecule has 1 heterocycles. The standard InChI is InChI=1S/C9H17N3.HI/c1-4-5-6-10-9-11(2)7-8-12(9)3;/h4-5H,6-8H2,1-3H3;1H/b5-4+;.